The highest BCUT2D eigenvalue weighted by atomic mass is 32.1. The van der Waals surface area contributed by atoms with Crippen molar-refractivity contribution in [3.8, 4) is 0 Å². The van der Waals surface area contributed by atoms with Gasteiger partial charge in [-0.3, -0.25) is 4.79 Å². The Morgan fingerprint density at radius 2 is 2.50 bits per heavy atom. The minimum atomic E-state index is -0.214. The normalized spacial score (nSPS) is 11.0. The molecule has 0 fully saturated rings. The second-order valence-corrected chi connectivity index (χ2v) is 3.17. The average molecular weight is 211 g/mol. The Hall–Kier alpha value is -1.76. The Labute approximate surface area is 84.3 Å². The maximum absolute atomic E-state index is 11.3. The van der Waals surface area contributed by atoms with Crippen LogP contribution < -0.4 is 11.1 Å². The molecular weight excluding hydrogens is 202 g/mol. The molecule has 0 bridgehead atoms. The van der Waals surface area contributed by atoms with Crippen LogP contribution in [-0.2, 0) is 0 Å². The summed E-state index contributed by atoms with van der Waals surface area (Å²) < 4.78 is 0. The van der Waals surface area contributed by atoms with Crippen LogP contribution in [0.3, 0.4) is 0 Å². The SMILES string of the molecule is N=NN=C(N)CNC(=O)c1ccsc1. The molecule has 14 heavy (non-hydrogen) atoms. The molecule has 74 valence electrons. The van der Waals surface area contributed by atoms with E-state index in [9.17, 15) is 4.79 Å². The van der Waals surface area contributed by atoms with Gasteiger partial charge in [-0.1, -0.05) is 5.22 Å². The third kappa shape index (κ3) is 2.94. The molecule has 7 heteroatoms. The van der Waals surface area contributed by atoms with Gasteiger partial charge in [-0.2, -0.15) is 16.9 Å². The van der Waals surface area contributed by atoms with E-state index in [1.807, 2.05) is 5.38 Å². The first kappa shape index (κ1) is 10.3. The fraction of sp³-hybridized carbons (Fsp3) is 0.143. The number of nitrogens with zero attached hydrogens (tertiary/aromatic N) is 2. The Bertz CT molecular complexity index is 345. The zero-order valence-electron chi connectivity index (χ0n) is 7.23. The number of nitrogens with one attached hydrogen (secondary N) is 2. The summed E-state index contributed by atoms with van der Waals surface area (Å²) in [6, 6.07) is 1.71. The minimum absolute atomic E-state index is 0.0943. The number of hydrogen-bond acceptors (Lipinski definition) is 4. The molecule has 0 spiro atoms. The third-order valence-corrected chi connectivity index (χ3v) is 2.08. The van der Waals surface area contributed by atoms with E-state index >= 15 is 0 Å². The summed E-state index contributed by atoms with van der Waals surface area (Å²) in [6.45, 7) is 0.0943. The van der Waals surface area contributed by atoms with Crippen molar-refractivity contribution in [3.05, 3.63) is 22.4 Å². The first-order valence-corrected chi connectivity index (χ1v) is 4.67. The standard InChI is InChI=1S/C7H9N5OS/c8-6(11-12-9)3-10-7(13)5-1-2-14-4-5/h1-2,4H,3H2,(H,10,13)(H3,8,9,11). The predicted octanol–water partition coefficient (Wildman–Crippen LogP) is 0.781. The zero-order chi connectivity index (χ0) is 10.4. The molecule has 6 nitrogen and oxygen atoms in total. The van der Waals surface area contributed by atoms with Gasteiger partial charge >= 0.3 is 0 Å². The maximum atomic E-state index is 11.3. The summed E-state index contributed by atoms with van der Waals surface area (Å²) in [6.07, 6.45) is 0. The Morgan fingerprint density at radius 1 is 1.71 bits per heavy atom. The van der Waals surface area contributed by atoms with Gasteiger partial charge in [0.25, 0.3) is 5.91 Å². The summed E-state index contributed by atoms with van der Waals surface area (Å²) in [4.78, 5) is 11.3. The van der Waals surface area contributed by atoms with E-state index in [0.717, 1.165) is 0 Å². The number of carbonyl (C=O) groups excluding carboxylic acids is 1. The molecular formula is C7H9N5OS. The molecule has 1 aromatic heterocycles. The molecule has 0 atom stereocenters. The van der Waals surface area contributed by atoms with Crippen LogP contribution in [0.15, 0.2) is 27.2 Å². The molecule has 1 aromatic rings. The minimum Gasteiger partial charge on any atom is -0.384 e. The number of thiophene rings is 1. The summed E-state index contributed by atoms with van der Waals surface area (Å²) in [5.74, 6) is -0.113. The van der Waals surface area contributed by atoms with Gasteiger partial charge in [-0.25, -0.2) is 0 Å². The predicted molar refractivity (Wildman–Crippen MR) is 53.4 cm³/mol. The van der Waals surface area contributed by atoms with Crippen LogP contribution in [0.25, 0.3) is 0 Å². The maximum Gasteiger partial charge on any atom is 0.252 e. The Morgan fingerprint density at radius 3 is 3.07 bits per heavy atom. The van der Waals surface area contributed by atoms with Crippen LogP contribution in [0.2, 0.25) is 0 Å². The van der Waals surface area contributed by atoms with Gasteiger partial charge in [0.05, 0.1) is 6.54 Å². The molecule has 4 N–H and O–H groups in total. The largest absolute Gasteiger partial charge is 0.384 e. The third-order valence-electron chi connectivity index (χ3n) is 1.39. The molecule has 0 aliphatic rings. The second kappa shape index (κ2) is 5.07. The van der Waals surface area contributed by atoms with E-state index in [-0.39, 0.29) is 18.3 Å². The molecule has 1 heterocycles. The Balaban J connectivity index is 2.43. The molecule has 0 saturated carbocycles. The highest BCUT2D eigenvalue weighted by Gasteiger charge is 2.04. The highest BCUT2D eigenvalue weighted by Crippen LogP contribution is 2.04. The smallest absolute Gasteiger partial charge is 0.252 e. The fourth-order valence-electron chi connectivity index (χ4n) is 0.766. The molecule has 1 rings (SSSR count). The summed E-state index contributed by atoms with van der Waals surface area (Å²) in [7, 11) is 0. The lowest BCUT2D eigenvalue weighted by Crippen LogP contribution is -2.33. The van der Waals surface area contributed by atoms with Crippen LogP contribution >= 0.6 is 11.3 Å². The van der Waals surface area contributed by atoms with Crippen molar-refractivity contribution >= 4 is 23.1 Å². The van der Waals surface area contributed by atoms with Crippen molar-refractivity contribution in [1.29, 1.82) is 5.53 Å². The summed E-state index contributed by atoms with van der Waals surface area (Å²) >= 11 is 1.44. The van der Waals surface area contributed by atoms with Crippen molar-refractivity contribution < 1.29 is 4.79 Å². The highest BCUT2D eigenvalue weighted by molar-refractivity contribution is 7.08. The molecule has 0 aromatic carbocycles. The van der Waals surface area contributed by atoms with Crippen molar-refractivity contribution in [2.75, 3.05) is 6.54 Å². The van der Waals surface area contributed by atoms with Gasteiger partial charge < -0.3 is 11.1 Å². The van der Waals surface area contributed by atoms with Crippen molar-refractivity contribution in [1.82, 2.24) is 5.32 Å². The van der Waals surface area contributed by atoms with Crippen LogP contribution in [0, 0.1) is 5.53 Å². The number of nitrogens with two attached hydrogens (primary N) is 1. The quantitative estimate of drug-likeness (QED) is 0.296. The van der Waals surface area contributed by atoms with Crippen LogP contribution in [0.5, 0.6) is 0 Å². The molecule has 0 radical (unpaired) electrons. The van der Waals surface area contributed by atoms with E-state index in [1.54, 1.807) is 11.4 Å². The number of amides is 1. The van der Waals surface area contributed by atoms with Gasteiger partial charge in [-0.05, 0) is 11.4 Å². The second-order valence-electron chi connectivity index (χ2n) is 2.39. The van der Waals surface area contributed by atoms with E-state index in [1.165, 1.54) is 11.3 Å². The lowest BCUT2D eigenvalue weighted by atomic mass is 10.3. The summed E-state index contributed by atoms with van der Waals surface area (Å²) in [5.41, 5.74) is 12.3. The lowest BCUT2D eigenvalue weighted by Gasteiger charge is -2.01. The van der Waals surface area contributed by atoms with Gasteiger partial charge in [0.15, 0.2) is 0 Å². The van der Waals surface area contributed by atoms with Crippen molar-refractivity contribution in [3.63, 3.8) is 0 Å². The van der Waals surface area contributed by atoms with Gasteiger partial charge in [0, 0.05) is 10.9 Å². The Kier molecular flexibility index (Phi) is 3.74. The first-order valence-electron chi connectivity index (χ1n) is 3.73. The molecule has 0 aliphatic heterocycles. The van der Waals surface area contributed by atoms with Crippen LogP contribution in [0.1, 0.15) is 10.4 Å². The number of rotatable bonds is 4. The van der Waals surface area contributed by atoms with Crippen molar-refractivity contribution in [2.45, 2.75) is 0 Å². The molecule has 0 saturated heterocycles. The average Bonchev–Trinajstić information content (AvgIpc) is 2.67. The van der Waals surface area contributed by atoms with Crippen LogP contribution in [-0.4, -0.2) is 18.3 Å². The molecule has 0 unspecified atom stereocenters. The van der Waals surface area contributed by atoms with E-state index in [0.29, 0.717) is 5.56 Å². The monoisotopic (exact) mass is 211 g/mol. The van der Waals surface area contributed by atoms with Gasteiger partial charge in [0.2, 0.25) is 0 Å². The number of carbonyl (C=O) groups is 1. The number of amidine groups is 1. The van der Waals surface area contributed by atoms with E-state index in [4.69, 9.17) is 11.3 Å². The molecule has 0 aliphatic carbocycles. The van der Waals surface area contributed by atoms with Gasteiger partial charge in [0.1, 0.15) is 5.84 Å². The van der Waals surface area contributed by atoms with E-state index in [2.05, 4.69) is 15.6 Å². The number of hydrogen-bond donors (Lipinski definition) is 3. The topological polar surface area (TPSA) is 104 Å². The zero-order valence-corrected chi connectivity index (χ0v) is 8.04. The first-order chi connectivity index (χ1) is 6.74. The van der Waals surface area contributed by atoms with Crippen LogP contribution in [0.4, 0.5) is 0 Å². The summed E-state index contributed by atoms with van der Waals surface area (Å²) in [5, 5.41) is 12.1. The van der Waals surface area contributed by atoms with Gasteiger partial charge in [-0.15, -0.1) is 5.10 Å². The van der Waals surface area contributed by atoms with E-state index < -0.39 is 0 Å². The van der Waals surface area contributed by atoms with Crippen molar-refractivity contribution in [2.24, 2.45) is 16.1 Å². The molecule has 1 amide bonds. The fourth-order valence-corrected chi connectivity index (χ4v) is 1.40. The lowest BCUT2D eigenvalue weighted by molar-refractivity contribution is 0.0959.